The average Bonchev–Trinajstić information content (AvgIpc) is 2.98. The van der Waals surface area contributed by atoms with Crippen molar-refractivity contribution in [2.45, 2.75) is 233 Å². The number of hydrogen-bond donors (Lipinski definition) is 0. The molecule has 0 unspecified atom stereocenters. The summed E-state index contributed by atoms with van der Waals surface area (Å²) >= 11 is 0. The summed E-state index contributed by atoms with van der Waals surface area (Å²) in [6.07, 6.45) is 54.4. The van der Waals surface area contributed by atoms with Crippen LogP contribution in [0.1, 0.15) is 233 Å². The van der Waals surface area contributed by atoms with Crippen molar-refractivity contribution in [2.24, 2.45) is 0 Å². The second-order valence-electron chi connectivity index (χ2n) is 14.4. The zero-order chi connectivity index (χ0) is 30.0. The van der Waals surface area contributed by atoms with Gasteiger partial charge in [-0.25, -0.2) is 0 Å². The Balaban J connectivity index is 4.26. The van der Waals surface area contributed by atoms with Crippen LogP contribution in [0.2, 0.25) is 0 Å². The molecule has 0 aromatic carbocycles. The second-order valence-corrected chi connectivity index (χ2v) is 19.4. The number of hydrogen-bond acceptors (Lipinski definition) is 0. The third-order valence-electron chi connectivity index (χ3n) is 10.2. The SMILES string of the molecule is CCCCCCCCCCCCCCCCCCC[PH](CCCCCCC)(CCCCCCC)CCCCCCC. The van der Waals surface area contributed by atoms with Gasteiger partial charge in [0, 0.05) is 0 Å². The minimum absolute atomic E-state index is 1.09. The Kier molecular flexibility index (Phi) is 35.3. The summed E-state index contributed by atoms with van der Waals surface area (Å²) in [4.78, 5) is 0. The van der Waals surface area contributed by atoms with Gasteiger partial charge in [-0.05, 0) is 0 Å². The maximum atomic E-state index is 2.36. The quantitative estimate of drug-likeness (QED) is 0.0498. The summed E-state index contributed by atoms with van der Waals surface area (Å²) in [7, 11) is -1.09. The molecule has 0 spiro atoms. The van der Waals surface area contributed by atoms with E-state index in [4.69, 9.17) is 0 Å². The molecule has 0 heterocycles. The van der Waals surface area contributed by atoms with Crippen LogP contribution in [0.4, 0.5) is 0 Å². The van der Waals surface area contributed by atoms with Gasteiger partial charge >= 0.3 is 220 Å². The van der Waals surface area contributed by atoms with Gasteiger partial charge in [-0.3, -0.25) is 0 Å². The first-order chi connectivity index (χ1) is 20.2. The molecule has 0 bridgehead atoms. The van der Waals surface area contributed by atoms with E-state index in [0.717, 1.165) is 0 Å². The van der Waals surface area contributed by atoms with Gasteiger partial charge in [0.2, 0.25) is 0 Å². The summed E-state index contributed by atoms with van der Waals surface area (Å²) in [5.74, 6) is 0. The molecule has 0 N–H and O–H groups in total. The molecule has 0 aromatic rings. The third-order valence-corrected chi connectivity index (χ3v) is 15.9. The fourth-order valence-corrected chi connectivity index (χ4v) is 12.8. The molecule has 0 aliphatic carbocycles. The van der Waals surface area contributed by atoms with Gasteiger partial charge in [0.25, 0.3) is 0 Å². The first-order valence-corrected chi connectivity index (χ1v) is 23.1. The van der Waals surface area contributed by atoms with Crippen molar-refractivity contribution < 1.29 is 0 Å². The van der Waals surface area contributed by atoms with Crippen LogP contribution in [-0.2, 0) is 0 Å². The van der Waals surface area contributed by atoms with E-state index in [-0.39, 0.29) is 0 Å². The molecule has 250 valence electrons. The zero-order valence-corrected chi connectivity index (χ0v) is 31.0. The standard InChI is InChI=1S/C40H85P/c1-5-9-13-17-18-19-20-21-22-23-24-25-26-27-28-32-36-40-41(37-33-29-14-10-6-2,38-34-30-15-11-7-3)39-35-31-16-12-8-4/h41H,5-40H2,1-4H3. The second kappa shape index (κ2) is 34.9. The predicted octanol–water partition coefficient (Wildman–Crippen LogP) is 15.3. The van der Waals surface area contributed by atoms with Crippen molar-refractivity contribution in [3.8, 4) is 0 Å². The van der Waals surface area contributed by atoms with Gasteiger partial charge in [-0.2, -0.15) is 0 Å². The van der Waals surface area contributed by atoms with E-state index >= 15 is 0 Å². The van der Waals surface area contributed by atoms with Crippen LogP contribution in [0.5, 0.6) is 0 Å². The normalized spacial score (nSPS) is 12.4. The topological polar surface area (TPSA) is 0 Å². The monoisotopic (exact) mass is 597 g/mol. The van der Waals surface area contributed by atoms with E-state index in [0.29, 0.717) is 0 Å². The van der Waals surface area contributed by atoms with Gasteiger partial charge in [-0.15, -0.1) is 0 Å². The molecule has 1 heteroatoms. The van der Waals surface area contributed by atoms with E-state index in [9.17, 15) is 0 Å². The molecule has 0 aromatic heterocycles. The van der Waals surface area contributed by atoms with E-state index < -0.39 is 7.26 Å². The molecule has 0 saturated heterocycles. The van der Waals surface area contributed by atoms with E-state index in [2.05, 4.69) is 27.7 Å². The van der Waals surface area contributed by atoms with Gasteiger partial charge in [-0.1, -0.05) is 45.4 Å². The van der Waals surface area contributed by atoms with Crippen LogP contribution < -0.4 is 0 Å². The van der Waals surface area contributed by atoms with Crippen LogP contribution in [0.3, 0.4) is 0 Å². The Morgan fingerprint density at radius 1 is 0.195 bits per heavy atom. The molecule has 0 nitrogen and oxygen atoms in total. The molecular formula is C40H85P. The summed E-state index contributed by atoms with van der Waals surface area (Å²) in [6.45, 7) is 9.41. The molecule has 41 heavy (non-hydrogen) atoms. The maximum absolute atomic E-state index is 2.36. The van der Waals surface area contributed by atoms with Crippen molar-refractivity contribution >= 4 is 7.26 Å². The molecule has 0 aliphatic heterocycles. The zero-order valence-electron chi connectivity index (χ0n) is 30.0. The third kappa shape index (κ3) is 30.2. The van der Waals surface area contributed by atoms with Gasteiger partial charge in [0.15, 0.2) is 0 Å². The van der Waals surface area contributed by atoms with Crippen molar-refractivity contribution in [3.63, 3.8) is 0 Å². The minimum atomic E-state index is -1.09. The van der Waals surface area contributed by atoms with Gasteiger partial charge in [0.1, 0.15) is 0 Å². The van der Waals surface area contributed by atoms with E-state index in [1.165, 1.54) is 180 Å². The summed E-state index contributed by atoms with van der Waals surface area (Å²) < 4.78 is 0. The fraction of sp³-hybridized carbons (Fsp3) is 1.00. The van der Waals surface area contributed by atoms with Gasteiger partial charge < -0.3 is 0 Å². The summed E-state index contributed by atoms with van der Waals surface area (Å²) in [5.41, 5.74) is 0. The van der Waals surface area contributed by atoms with E-state index in [1.54, 1.807) is 50.3 Å². The average molecular weight is 597 g/mol. The molecule has 0 fully saturated rings. The summed E-state index contributed by atoms with van der Waals surface area (Å²) in [6, 6.07) is 0. The number of unbranched alkanes of at least 4 members (excludes halogenated alkanes) is 28. The van der Waals surface area contributed by atoms with Crippen LogP contribution in [0.15, 0.2) is 0 Å². The molecular weight excluding hydrogens is 511 g/mol. The van der Waals surface area contributed by atoms with Crippen LogP contribution >= 0.6 is 7.26 Å². The fourth-order valence-electron chi connectivity index (χ4n) is 7.29. The molecule has 0 aliphatic rings. The predicted molar refractivity (Wildman–Crippen MR) is 198 cm³/mol. The van der Waals surface area contributed by atoms with Crippen molar-refractivity contribution in [1.82, 2.24) is 0 Å². The molecule has 0 amide bonds. The van der Waals surface area contributed by atoms with Crippen molar-refractivity contribution in [3.05, 3.63) is 0 Å². The Morgan fingerprint density at radius 2 is 0.341 bits per heavy atom. The first kappa shape index (κ1) is 41.4. The van der Waals surface area contributed by atoms with Crippen LogP contribution in [0, 0.1) is 0 Å². The molecule has 0 rings (SSSR count). The molecule has 0 atom stereocenters. The van der Waals surface area contributed by atoms with Crippen molar-refractivity contribution in [1.29, 1.82) is 0 Å². The molecule has 0 saturated carbocycles. The van der Waals surface area contributed by atoms with Crippen LogP contribution in [0.25, 0.3) is 0 Å². The number of rotatable bonds is 36. The Labute approximate surface area is 264 Å². The Hall–Kier alpha value is 0.430. The van der Waals surface area contributed by atoms with E-state index in [1.807, 2.05) is 0 Å². The Bertz CT molecular complexity index is 422. The molecule has 0 radical (unpaired) electrons. The first-order valence-electron chi connectivity index (χ1n) is 20.2. The van der Waals surface area contributed by atoms with Crippen molar-refractivity contribution in [2.75, 3.05) is 24.6 Å². The Morgan fingerprint density at radius 3 is 0.512 bits per heavy atom. The van der Waals surface area contributed by atoms with Gasteiger partial charge in [0.05, 0.1) is 0 Å². The summed E-state index contributed by atoms with van der Waals surface area (Å²) in [5, 5.41) is 0. The van der Waals surface area contributed by atoms with Crippen LogP contribution in [-0.4, -0.2) is 24.6 Å².